The van der Waals surface area contributed by atoms with E-state index in [4.69, 9.17) is 11.6 Å². The standard InChI is InChI=1S/C11H13BrClNO/c1-14(2)11(15)10(13)9(12)8-6-4-3-5-7-8/h3-7,9-10H,1-2H3/t9-,10+/m1/s1. The predicted molar refractivity (Wildman–Crippen MR) is 66.4 cm³/mol. The Bertz CT molecular complexity index is 329. The van der Waals surface area contributed by atoms with Crippen LogP contribution in [0.3, 0.4) is 0 Å². The third-order valence-corrected chi connectivity index (χ3v) is 3.85. The highest BCUT2D eigenvalue weighted by Gasteiger charge is 2.26. The van der Waals surface area contributed by atoms with E-state index in [-0.39, 0.29) is 10.7 Å². The Hall–Kier alpha value is -0.540. The Morgan fingerprint density at radius 1 is 1.33 bits per heavy atom. The van der Waals surface area contributed by atoms with E-state index in [9.17, 15) is 4.79 Å². The van der Waals surface area contributed by atoms with Crippen LogP contribution in [-0.4, -0.2) is 30.3 Å². The third-order valence-electron chi connectivity index (χ3n) is 2.05. The average molecular weight is 291 g/mol. The van der Waals surface area contributed by atoms with Gasteiger partial charge in [0.25, 0.3) is 0 Å². The number of carbonyl (C=O) groups excluding carboxylic acids is 1. The molecule has 2 nitrogen and oxygen atoms in total. The minimum absolute atomic E-state index is 0.0950. The topological polar surface area (TPSA) is 20.3 Å². The Labute approximate surface area is 103 Å². The molecule has 82 valence electrons. The summed E-state index contributed by atoms with van der Waals surface area (Å²) in [6.07, 6.45) is 0. The molecule has 0 aliphatic rings. The van der Waals surface area contributed by atoms with Crippen LogP contribution in [0.1, 0.15) is 10.4 Å². The molecule has 0 heterocycles. The maximum atomic E-state index is 11.6. The van der Waals surface area contributed by atoms with E-state index < -0.39 is 5.38 Å². The summed E-state index contributed by atoms with van der Waals surface area (Å²) in [7, 11) is 3.39. The number of carbonyl (C=O) groups is 1. The quantitative estimate of drug-likeness (QED) is 0.784. The molecule has 4 heteroatoms. The van der Waals surface area contributed by atoms with Crippen molar-refractivity contribution >= 4 is 33.4 Å². The fourth-order valence-corrected chi connectivity index (χ4v) is 2.05. The smallest absolute Gasteiger partial charge is 0.241 e. The second-order valence-electron chi connectivity index (χ2n) is 3.45. The zero-order chi connectivity index (χ0) is 11.4. The molecule has 0 aromatic heterocycles. The zero-order valence-corrected chi connectivity index (χ0v) is 11.0. The van der Waals surface area contributed by atoms with Crippen molar-refractivity contribution in [3.63, 3.8) is 0 Å². The second-order valence-corrected chi connectivity index (χ2v) is 4.90. The summed E-state index contributed by atoms with van der Waals surface area (Å²) < 4.78 is 0. The fraction of sp³-hybridized carbons (Fsp3) is 0.364. The molecule has 0 unspecified atom stereocenters. The van der Waals surface area contributed by atoms with Crippen molar-refractivity contribution in [1.29, 1.82) is 0 Å². The first-order valence-corrected chi connectivity index (χ1v) is 5.93. The molecule has 0 bridgehead atoms. The summed E-state index contributed by atoms with van der Waals surface area (Å²) in [5.41, 5.74) is 1.01. The van der Waals surface area contributed by atoms with Crippen molar-refractivity contribution in [2.45, 2.75) is 10.2 Å². The number of amides is 1. The molecule has 0 aliphatic carbocycles. The summed E-state index contributed by atoms with van der Waals surface area (Å²) in [6.45, 7) is 0. The van der Waals surface area contributed by atoms with Gasteiger partial charge in [0.2, 0.25) is 5.91 Å². The molecule has 1 amide bonds. The first kappa shape index (κ1) is 12.5. The molecule has 0 spiro atoms. The molecular weight excluding hydrogens is 277 g/mol. The molecule has 1 aromatic carbocycles. The SMILES string of the molecule is CN(C)C(=O)[C@@H](Cl)[C@H](Br)c1ccccc1. The molecule has 0 fully saturated rings. The molecule has 0 saturated carbocycles. The van der Waals surface area contributed by atoms with Gasteiger partial charge in [-0.3, -0.25) is 4.79 Å². The van der Waals surface area contributed by atoms with E-state index in [1.165, 1.54) is 4.90 Å². The lowest BCUT2D eigenvalue weighted by molar-refractivity contribution is -0.128. The van der Waals surface area contributed by atoms with Crippen molar-refractivity contribution in [3.8, 4) is 0 Å². The number of rotatable bonds is 3. The summed E-state index contributed by atoms with van der Waals surface area (Å²) in [5.74, 6) is -0.0950. The van der Waals surface area contributed by atoms with Gasteiger partial charge in [0, 0.05) is 14.1 Å². The van der Waals surface area contributed by atoms with Crippen molar-refractivity contribution in [3.05, 3.63) is 35.9 Å². The highest BCUT2D eigenvalue weighted by atomic mass is 79.9. The summed E-state index contributed by atoms with van der Waals surface area (Å²) in [4.78, 5) is 13.0. The first-order chi connectivity index (χ1) is 7.04. The Morgan fingerprint density at radius 2 is 1.87 bits per heavy atom. The maximum Gasteiger partial charge on any atom is 0.241 e. The van der Waals surface area contributed by atoms with Gasteiger partial charge in [-0.15, -0.1) is 11.6 Å². The Balaban J connectivity index is 2.77. The van der Waals surface area contributed by atoms with E-state index in [1.807, 2.05) is 30.3 Å². The lowest BCUT2D eigenvalue weighted by atomic mass is 10.1. The number of benzene rings is 1. The molecule has 1 aromatic rings. The van der Waals surface area contributed by atoms with Gasteiger partial charge in [0.1, 0.15) is 5.38 Å². The van der Waals surface area contributed by atoms with E-state index in [1.54, 1.807) is 14.1 Å². The highest BCUT2D eigenvalue weighted by molar-refractivity contribution is 9.09. The van der Waals surface area contributed by atoms with Crippen LogP contribution < -0.4 is 0 Å². The number of alkyl halides is 2. The molecule has 2 atom stereocenters. The van der Waals surface area contributed by atoms with Gasteiger partial charge in [0.05, 0.1) is 4.83 Å². The van der Waals surface area contributed by atoms with Gasteiger partial charge >= 0.3 is 0 Å². The summed E-state index contributed by atoms with van der Waals surface area (Å²) >= 11 is 9.51. The van der Waals surface area contributed by atoms with E-state index in [0.29, 0.717) is 0 Å². The van der Waals surface area contributed by atoms with Crippen LogP contribution in [0.15, 0.2) is 30.3 Å². The molecular formula is C11H13BrClNO. The number of hydrogen-bond acceptors (Lipinski definition) is 1. The van der Waals surface area contributed by atoms with Gasteiger partial charge in [-0.25, -0.2) is 0 Å². The molecule has 0 aliphatic heterocycles. The number of nitrogens with zero attached hydrogens (tertiary/aromatic N) is 1. The minimum atomic E-state index is -0.581. The number of hydrogen-bond donors (Lipinski definition) is 0. The largest absolute Gasteiger partial charge is 0.347 e. The molecule has 0 saturated heterocycles. The minimum Gasteiger partial charge on any atom is -0.347 e. The zero-order valence-electron chi connectivity index (χ0n) is 8.65. The number of halogens is 2. The van der Waals surface area contributed by atoms with Gasteiger partial charge in [-0.1, -0.05) is 46.3 Å². The van der Waals surface area contributed by atoms with Gasteiger partial charge < -0.3 is 4.90 Å². The van der Waals surface area contributed by atoms with Crippen LogP contribution in [0.2, 0.25) is 0 Å². The molecule has 0 N–H and O–H groups in total. The lowest BCUT2D eigenvalue weighted by Gasteiger charge is -2.19. The van der Waals surface area contributed by atoms with Crippen LogP contribution in [0.4, 0.5) is 0 Å². The van der Waals surface area contributed by atoms with Crippen LogP contribution in [0.5, 0.6) is 0 Å². The van der Waals surface area contributed by atoms with Crippen molar-refractivity contribution in [1.82, 2.24) is 4.90 Å². The van der Waals surface area contributed by atoms with Crippen LogP contribution in [0, 0.1) is 0 Å². The Morgan fingerprint density at radius 3 is 2.33 bits per heavy atom. The highest BCUT2D eigenvalue weighted by Crippen LogP contribution is 2.30. The van der Waals surface area contributed by atoms with Gasteiger partial charge in [-0.2, -0.15) is 0 Å². The van der Waals surface area contributed by atoms with Crippen LogP contribution >= 0.6 is 27.5 Å². The molecule has 0 radical (unpaired) electrons. The first-order valence-electron chi connectivity index (χ1n) is 4.58. The second kappa shape index (κ2) is 5.52. The van der Waals surface area contributed by atoms with Crippen molar-refractivity contribution in [2.75, 3.05) is 14.1 Å². The van der Waals surface area contributed by atoms with Crippen molar-refractivity contribution < 1.29 is 4.79 Å². The lowest BCUT2D eigenvalue weighted by Crippen LogP contribution is -2.32. The normalized spacial score (nSPS) is 14.4. The third kappa shape index (κ3) is 3.21. The van der Waals surface area contributed by atoms with Gasteiger partial charge in [0.15, 0.2) is 0 Å². The van der Waals surface area contributed by atoms with E-state index in [0.717, 1.165) is 5.56 Å². The summed E-state index contributed by atoms with van der Waals surface area (Å²) in [5, 5.41) is -0.581. The molecule has 15 heavy (non-hydrogen) atoms. The predicted octanol–water partition coefficient (Wildman–Crippen LogP) is 2.82. The summed E-state index contributed by atoms with van der Waals surface area (Å²) in [6, 6.07) is 9.66. The Kier molecular flexibility index (Phi) is 4.61. The monoisotopic (exact) mass is 289 g/mol. The molecule has 1 rings (SSSR count). The average Bonchev–Trinajstić information content (AvgIpc) is 2.27. The van der Waals surface area contributed by atoms with E-state index >= 15 is 0 Å². The van der Waals surface area contributed by atoms with E-state index in [2.05, 4.69) is 15.9 Å². The van der Waals surface area contributed by atoms with Crippen LogP contribution in [0.25, 0.3) is 0 Å². The maximum absolute atomic E-state index is 11.6. The van der Waals surface area contributed by atoms with Crippen LogP contribution in [-0.2, 0) is 4.79 Å². The van der Waals surface area contributed by atoms with Gasteiger partial charge in [-0.05, 0) is 5.56 Å². The van der Waals surface area contributed by atoms with Crippen molar-refractivity contribution in [2.24, 2.45) is 0 Å². The fourth-order valence-electron chi connectivity index (χ4n) is 1.18.